The number of likely N-dealkylation sites (N-methyl/N-ethyl adjacent to an activating group) is 1. The Hall–Kier alpha value is -2.25. The van der Waals surface area contributed by atoms with E-state index in [1.54, 1.807) is 0 Å². The monoisotopic (exact) mass is 421 g/mol. The predicted molar refractivity (Wildman–Crippen MR) is 94.7 cm³/mol. The Morgan fingerprint density at radius 1 is 1.44 bits per heavy atom. The Kier molecular flexibility index (Phi) is 6.07. The second kappa shape index (κ2) is 7.78. The molecule has 1 fully saturated rings. The minimum absolute atomic E-state index is 0.0376. The number of carbonyl (C=O) groups is 1. The topological polar surface area (TPSA) is 153 Å². The number of methoxy groups -OCH3 is 1. The SMILES string of the molecule is COc1ccc(S(=O)(=O)N(C)CC(=O)NC2CCS(=O)(=O)C2)c([N+](=O)[O-])c1. The molecule has 1 aliphatic heterocycles. The molecule has 1 unspecified atom stereocenters. The van der Waals surface area contributed by atoms with Crippen molar-refractivity contribution < 1.29 is 31.3 Å². The van der Waals surface area contributed by atoms with Crippen molar-refractivity contribution in [2.45, 2.75) is 17.4 Å². The zero-order valence-corrected chi connectivity index (χ0v) is 16.2. The third-order valence-electron chi connectivity index (χ3n) is 4.01. The lowest BCUT2D eigenvalue weighted by Crippen LogP contribution is -2.43. The lowest BCUT2D eigenvalue weighted by Gasteiger charge is -2.18. The maximum absolute atomic E-state index is 12.6. The van der Waals surface area contributed by atoms with Crippen molar-refractivity contribution in [2.24, 2.45) is 0 Å². The molecule has 1 aromatic rings. The van der Waals surface area contributed by atoms with E-state index in [0.29, 0.717) is 4.31 Å². The lowest BCUT2D eigenvalue weighted by atomic mass is 10.2. The van der Waals surface area contributed by atoms with Crippen LogP contribution in [0.4, 0.5) is 5.69 Å². The minimum atomic E-state index is -4.33. The third kappa shape index (κ3) is 4.93. The van der Waals surface area contributed by atoms with Crippen LogP contribution < -0.4 is 10.1 Å². The molecule has 1 aliphatic rings. The summed E-state index contributed by atoms with van der Waals surface area (Å²) in [6.45, 7) is -0.609. The summed E-state index contributed by atoms with van der Waals surface area (Å²) in [5.41, 5.74) is -0.677. The highest BCUT2D eigenvalue weighted by Crippen LogP contribution is 2.30. The number of rotatable bonds is 7. The van der Waals surface area contributed by atoms with Crippen molar-refractivity contribution >= 4 is 31.5 Å². The quantitative estimate of drug-likeness (QED) is 0.458. The maximum atomic E-state index is 12.6. The van der Waals surface area contributed by atoms with Crippen LogP contribution in [0.2, 0.25) is 0 Å². The van der Waals surface area contributed by atoms with Gasteiger partial charge in [-0.05, 0) is 18.6 Å². The van der Waals surface area contributed by atoms with E-state index in [2.05, 4.69) is 5.32 Å². The predicted octanol–water partition coefficient (Wildman–Crippen LogP) is -0.473. The number of nitro groups is 1. The van der Waals surface area contributed by atoms with Crippen LogP contribution in [0.25, 0.3) is 0 Å². The summed E-state index contributed by atoms with van der Waals surface area (Å²) >= 11 is 0. The molecule has 0 spiro atoms. The molecule has 0 aromatic heterocycles. The summed E-state index contributed by atoms with van der Waals surface area (Å²) in [4.78, 5) is 21.8. The van der Waals surface area contributed by atoms with Gasteiger partial charge >= 0.3 is 0 Å². The van der Waals surface area contributed by atoms with Gasteiger partial charge < -0.3 is 10.1 Å². The van der Waals surface area contributed by atoms with Gasteiger partial charge in [0.05, 0.1) is 36.1 Å². The van der Waals surface area contributed by atoms with Gasteiger partial charge in [-0.3, -0.25) is 14.9 Å². The number of nitro benzene ring substituents is 1. The number of ether oxygens (including phenoxy) is 1. The molecular weight excluding hydrogens is 402 g/mol. The van der Waals surface area contributed by atoms with Crippen molar-refractivity contribution in [2.75, 3.05) is 32.2 Å². The van der Waals surface area contributed by atoms with Gasteiger partial charge in [-0.25, -0.2) is 16.8 Å². The Morgan fingerprint density at radius 2 is 2.11 bits per heavy atom. The van der Waals surface area contributed by atoms with Crippen LogP contribution in [0.5, 0.6) is 5.75 Å². The van der Waals surface area contributed by atoms with Crippen LogP contribution in [-0.2, 0) is 24.7 Å². The number of nitrogens with one attached hydrogen (secondary N) is 1. The summed E-state index contributed by atoms with van der Waals surface area (Å²) in [7, 11) is -5.14. The van der Waals surface area contributed by atoms with E-state index in [-0.39, 0.29) is 23.7 Å². The summed E-state index contributed by atoms with van der Waals surface area (Å²) in [6.07, 6.45) is 0.258. The zero-order valence-electron chi connectivity index (χ0n) is 14.6. The minimum Gasteiger partial charge on any atom is -0.497 e. The molecule has 0 saturated carbocycles. The number of carbonyl (C=O) groups excluding carboxylic acids is 1. The fraction of sp³-hybridized carbons (Fsp3) is 0.500. The van der Waals surface area contributed by atoms with E-state index in [0.717, 1.165) is 19.2 Å². The number of amides is 1. The van der Waals surface area contributed by atoms with Gasteiger partial charge in [-0.2, -0.15) is 4.31 Å². The normalized spacial score (nSPS) is 19.0. The number of hydrogen-bond acceptors (Lipinski definition) is 8. The first-order valence-electron chi connectivity index (χ1n) is 7.75. The van der Waals surface area contributed by atoms with E-state index in [1.165, 1.54) is 13.2 Å². The average molecular weight is 421 g/mol. The average Bonchev–Trinajstić information content (AvgIpc) is 2.92. The van der Waals surface area contributed by atoms with Gasteiger partial charge in [0.15, 0.2) is 14.7 Å². The number of benzene rings is 1. The summed E-state index contributed by atoms with van der Waals surface area (Å²) < 4.78 is 53.6. The second-order valence-electron chi connectivity index (χ2n) is 6.02. The fourth-order valence-electron chi connectivity index (χ4n) is 2.62. The van der Waals surface area contributed by atoms with E-state index in [1.807, 2.05) is 0 Å². The molecule has 0 aliphatic carbocycles. The molecule has 150 valence electrons. The summed E-state index contributed by atoms with van der Waals surface area (Å²) in [6, 6.07) is 2.69. The second-order valence-corrected chi connectivity index (χ2v) is 10.3. The van der Waals surface area contributed by atoms with Crippen molar-refractivity contribution in [3.63, 3.8) is 0 Å². The molecule has 1 aromatic carbocycles. The zero-order chi connectivity index (χ0) is 20.4. The van der Waals surface area contributed by atoms with Gasteiger partial charge in [0.1, 0.15) is 5.75 Å². The summed E-state index contributed by atoms with van der Waals surface area (Å²) in [5.74, 6) is -0.814. The first kappa shape index (κ1) is 21.1. The molecule has 1 saturated heterocycles. The summed E-state index contributed by atoms with van der Waals surface area (Å²) in [5, 5.41) is 13.7. The highest BCUT2D eigenvalue weighted by Gasteiger charge is 2.33. The van der Waals surface area contributed by atoms with E-state index >= 15 is 0 Å². The smallest absolute Gasteiger partial charge is 0.293 e. The highest BCUT2D eigenvalue weighted by atomic mass is 32.2. The largest absolute Gasteiger partial charge is 0.497 e. The number of sulfonamides is 1. The van der Waals surface area contributed by atoms with Gasteiger partial charge in [0, 0.05) is 13.1 Å². The van der Waals surface area contributed by atoms with Crippen LogP contribution >= 0.6 is 0 Å². The molecule has 1 N–H and O–H groups in total. The molecule has 1 atom stereocenters. The number of hydrogen-bond donors (Lipinski definition) is 1. The van der Waals surface area contributed by atoms with Gasteiger partial charge in [-0.15, -0.1) is 0 Å². The van der Waals surface area contributed by atoms with Crippen LogP contribution in [0.3, 0.4) is 0 Å². The molecule has 0 radical (unpaired) electrons. The highest BCUT2D eigenvalue weighted by molar-refractivity contribution is 7.91. The Balaban J connectivity index is 2.16. The Labute approximate surface area is 156 Å². The first-order chi connectivity index (χ1) is 12.5. The van der Waals surface area contributed by atoms with Crippen molar-refractivity contribution in [3.05, 3.63) is 28.3 Å². The molecule has 27 heavy (non-hydrogen) atoms. The van der Waals surface area contributed by atoms with Crippen LogP contribution in [0.15, 0.2) is 23.1 Å². The van der Waals surface area contributed by atoms with Crippen molar-refractivity contribution in [3.8, 4) is 5.75 Å². The van der Waals surface area contributed by atoms with Gasteiger partial charge in [-0.1, -0.05) is 0 Å². The van der Waals surface area contributed by atoms with E-state index in [4.69, 9.17) is 4.74 Å². The number of nitrogens with zero attached hydrogens (tertiary/aromatic N) is 2. The fourth-order valence-corrected chi connectivity index (χ4v) is 5.56. The van der Waals surface area contributed by atoms with E-state index in [9.17, 15) is 31.7 Å². The Bertz CT molecular complexity index is 959. The molecule has 0 bridgehead atoms. The molecular formula is C14H19N3O8S2. The van der Waals surface area contributed by atoms with Crippen LogP contribution in [0.1, 0.15) is 6.42 Å². The van der Waals surface area contributed by atoms with E-state index < -0.39 is 53.9 Å². The molecule has 13 heteroatoms. The maximum Gasteiger partial charge on any atom is 0.293 e. The Morgan fingerprint density at radius 3 is 2.63 bits per heavy atom. The van der Waals surface area contributed by atoms with Gasteiger partial charge in [0.2, 0.25) is 15.9 Å². The van der Waals surface area contributed by atoms with Crippen molar-refractivity contribution in [1.82, 2.24) is 9.62 Å². The van der Waals surface area contributed by atoms with Crippen LogP contribution in [0, 0.1) is 10.1 Å². The van der Waals surface area contributed by atoms with Crippen LogP contribution in [-0.4, -0.2) is 70.2 Å². The van der Waals surface area contributed by atoms with Crippen molar-refractivity contribution in [1.29, 1.82) is 0 Å². The lowest BCUT2D eigenvalue weighted by molar-refractivity contribution is -0.387. The molecule has 1 amide bonds. The first-order valence-corrected chi connectivity index (χ1v) is 11.0. The van der Waals surface area contributed by atoms with Gasteiger partial charge in [0.25, 0.3) is 5.69 Å². The molecule has 11 nitrogen and oxygen atoms in total. The third-order valence-corrected chi connectivity index (χ3v) is 7.63. The standard InChI is InChI=1S/C14H19N3O8S2/c1-16(8-14(18)15-10-5-6-26(21,22)9-10)27(23,24)13-4-3-11(25-2)7-12(13)17(19)20/h3-4,7,10H,5-6,8-9H2,1-2H3,(H,15,18). The molecule has 2 rings (SSSR count). The number of sulfone groups is 1. The molecule has 1 heterocycles.